The minimum Gasteiger partial charge on any atom is -0.235 e. The molecule has 18 heavy (non-hydrogen) atoms. The van der Waals surface area contributed by atoms with Gasteiger partial charge in [0.05, 0.1) is 10.2 Å². The second kappa shape index (κ2) is 4.50. The van der Waals surface area contributed by atoms with Crippen molar-refractivity contribution in [2.75, 3.05) is 0 Å². The molecule has 3 aromatic rings. The van der Waals surface area contributed by atoms with Crippen molar-refractivity contribution in [1.29, 1.82) is 0 Å². The molecule has 0 radical (unpaired) electrons. The first-order valence-electron chi connectivity index (χ1n) is 5.32. The predicted molar refractivity (Wildman–Crippen MR) is 77.6 cm³/mol. The van der Waals surface area contributed by atoms with E-state index in [2.05, 4.69) is 9.97 Å². The van der Waals surface area contributed by atoms with Gasteiger partial charge in [0.15, 0.2) is 0 Å². The van der Waals surface area contributed by atoms with Gasteiger partial charge in [-0.05, 0) is 30.2 Å². The van der Waals surface area contributed by atoms with Gasteiger partial charge in [0.1, 0.15) is 11.5 Å². The first-order valence-corrected chi connectivity index (χ1v) is 6.89. The Balaban J connectivity index is 2.26. The third-order valence-electron chi connectivity index (χ3n) is 2.80. The summed E-state index contributed by atoms with van der Waals surface area (Å²) in [5, 5.41) is 1.26. The van der Waals surface area contributed by atoms with Gasteiger partial charge in [-0.15, -0.1) is 11.3 Å². The van der Waals surface area contributed by atoms with Crippen molar-refractivity contribution < 1.29 is 0 Å². The van der Waals surface area contributed by atoms with Gasteiger partial charge in [0.25, 0.3) is 0 Å². The minimum atomic E-state index is 0.496. The van der Waals surface area contributed by atoms with Gasteiger partial charge in [-0.25, -0.2) is 9.97 Å². The Morgan fingerprint density at radius 1 is 1.17 bits per heavy atom. The fourth-order valence-electron chi connectivity index (χ4n) is 1.83. The van der Waals surface area contributed by atoms with E-state index in [4.69, 9.17) is 23.2 Å². The van der Waals surface area contributed by atoms with Crippen LogP contribution >= 0.6 is 34.5 Å². The molecule has 0 N–H and O–H groups in total. The lowest BCUT2D eigenvalue weighted by atomic mass is 10.1. The van der Waals surface area contributed by atoms with Crippen LogP contribution in [0.1, 0.15) is 5.56 Å². The molecule has 0 amide bonds. The van der Waals surface area contributed by atoms with Gasteiger partial charge < -0.3 is 0 Å². The number of benzene rings is 1. The maximum Gasteiger partial charge on any atom is 0.150 e. The summed E-state index contributed by atoms with van der Waals surface area (Å²) in [7, 11) is 0. The fourth-order valence-corrected chi connectivity index (χ4v) is 3.34. The number of nitrogens with zero attached hydrogens (tertiary/aromatic N) is 2. The average Bonchev–Trinajstić information content (AvgIpc) is 2.78. The van der Waals surface area contributed by atoms with Crippen LogP contribution < -0.4 is 0 Å². The van der Waals surface area contributed by atoms with E-state index in [0.717, 1.165) is 31.2 Å². The summed E-state index contributed by atoms with van der Waals surface area (Å²) in [5.41, 5.74) is 3.05. The molecule has 0 spiro atoms. The Hall–Kier alpha value is -1.16. The highest BCUT2D eigenvalue weighted by Gasteiger charge is 2.11. The van der Waals surface area contributed by atoms with Gasteiger partial charge in [-0.2, -0.15) is 0 Å². The van der Waals surface area contributed by atoms with E-state index < -0.39 is 0 Å². The molecule has 2 heterocycles. The number of fused-ring (bicyclic) bond motifs is 1. The van der Waals surface area contributed by atoms with Crippen molar-refractivity contribution in [3.63, 3.8) is 0 Å². The molecule has 0 unspecified atom stereocenters. The molecule has 1 aromatic carbocycles. The third kappa shape index (κ3) is 1.88. The Morgan fingerprint density at radius 3 is 2.78 bits per heavy atom. The second-order valence-electron chi connectivity index (χ2n) is 3.90. The summed E-state index contributed by atoms with van der Waals surface area (Å²) in [5.74, 6) is 0. The molecule has 0 aliphatic heterocycles. The van der Waals surface area contributed by atoms with Crippen molar-refractivity contribution in [3.05, 3.63) is 46.3 Å². The summed E-state index contributed by atoms with van der Waals surface area (Å²) in [6.07, 6.45) is 1.48. The fraction of sp³-hybridized carbons (Fsp3) is 0.0769. The van der Waals surface area contributed by atoms with E-state index in [9.17, 15) is 0 Å². The van der Waals surface area contributed by atoms with Crippen LogP contribution in [-0.2, 0) is 0 Å². The first kappa shape index (κ1) is 11.9. The van der Waals surface area contributed by atoms with Crippen molar-refractivity contribution in [2.45, 2.75) is 6.92 Å². The Kier molecular flexibility index (Phi) is 2.98. The lowest BCUT2D eigenvalue weighted by molar-refractivity contribution is 1.23. The maximum absolute atomic E-state index is 6.14. The lowest BCUT2D eigenvalue weighted by Crippen LogP contribution is -1.80. The number of hydrogen-bond donors (Lipinski definition) is 0. The monoisotopic (exact) mass is 294 g/mol. The Labute approximate surface area is 118 Å². The molecule has 3 rings (SSSR count). The summed E-state index contributed by atoms with van der Waals surface area (Å²) in [6.45, 7) is 2.01. The van der Waals surface area contributed by atoms with Gasteiger partial charge in [-0.3, -0.25) is 0 Å². The van der Waals surface area contributed by atoms with Crippen molar-refractivity contribution in [1.82, 2.24) is 9.97 Å². The number of thiophene rings is 1. The average molecular weight is 295 g/mol. The summed E-state index contributed by atoms with van der Waals surface area (Å²) < 4.78 is 0.911. The summed E-state index contributed by atoms with van der Waals surface area (Å²) in [6, 6.07) is 7.91. The zero-order valence-electron chi connectivity index (χ0n) is 9.45. The second-order valence-corrected chi connectivity index (χ2v) is 5.72. The highest BCUT2D eigenvalue weighted by molar-refractivity contribution is 7.22. The van der Waals surface area contributed by atoms with Crippen molar-refractivity contribution in [2.24, 2.45) is 0 Å². The highest BCUT2D eigenvalue weighted by Crippen LogP contribution is 2.37. The van der Waals surface area contributed by atoms with E-state index in [0.29, 0.717) is 5.15 Å². The number of aromatic nitrogens is 2. The third-order valence-corrected chi connectivity index (χ3v) is 4.77. The van der Waals surface area contributed by atoms with Crippen LogP contribution in [0.4, 0.5) is 0 Å². The number of halogens is 2. The van der Waals surface area contributed by atoms with Crippen LogP contribution in [0.2, 0.25) is 10.2 Å². The molecule has 0 fully saturated rings. The maximum atomic E-state index is 6.14. The van der Waals surface area contributed by atoms with E-state index in [1.54, 1.807) is 11.3 Å². The van der Waals surface area contributed by atoms with Gasteiger partial charge in [0, 0.05) is 9.90 Å². The van der Waals surface area contributed by atoms with Crippen LogP contribution in [0.15, 0.2) is 30.6 Å². The highest BCUT2D eigenvalue weighted by atomic mass is 35.5. The van der Waals surface area contributed by atoms with Crippen molar-refractivity contribution >= 4 is 44.8 Å². The molecule has 0 bridgehead atoms. The van der Waals surface area contributed by atoms with Crippen LogP contribution in [0.5, 0.6) is 0 Å². The van der Waals surface area contributed by atoms with E-state index in [1.165, 1.54) is 6.33 Å². The van der Waals surface area contributed by atoms with Gasteiger partial charge in [-0.1, -0.05) is 35.3 Å². The Morgan fingerprint density at radius 2 is 2.00 bits per heavy atom. The first-order chi connectivity index (χ1) is 8.66. The topological polar surface area (TPSA) is 25.8 Å². The predicted octanol–water partition coefficient (Wildman–Crippen LogP) is 4.97. The molecule has 0 aliphatic carbocycles. The standard InChI is InChI=1S/C13H8Cl2N2S/c1-7-8(3-2-4-9(7)14)11-5-10-12(18-11)13(15)17-6-16-10/h2-6H,1H3. The van der Waals surface area contributed by atoms with Crippen molar-refractivity contribution in [3.8, 4) is 10.4 Å². The molecule has 5 heteroatoms. The normalized spacial score (nSPS) is 11.1. The smallest absolute Gasteiger partial charge is 0.150 e. The molecular formula is C13H8Cl2N2S. The SMILES string of the molecule is Cc1c(Cl)cccc1-c1cc2ncnc(Cl)c2s1. The van der Waals surface area contributed by atoms with E-state index in [1.807, 2.05) is 31.2 Å². The zero-order chi connectivity index (χ0) is 12.7. The Bertz CT molecular complexity index is 737. The molecule has 0 saturated heterocycles. The zero-order valence-corrected chi connectivity index (χ0v) is 11.8. The largest absolute Gasteiger partial charge is 0.235 e. The van der Waals surface area contributed by atoms with Crippen LogP contribution in [-0.4, -0.2) is 9.97 Å². The molecular weight excluding hydrogens is 287 g/mol. The number of hydrogen-bond acceptors (Lipinski definition) is 3. The molecule has 2 nitrogen and oxygen atoms in total. The molecule has 0 saturated carbocycles. The summed E-state index contributed by atoms with van der Waals surface area (Å²) in [4.78, 5) is 9.32. The van der Waals surface area contributed by atoms with Gasteiger partial charge in [0.2, 0.25) is 0 Å². The molecule has 0 atom stereocenters. The van der Waals surface area contributed by atoms with Crippen LogP contribution in [0, 0.1) is 6.92 Å². The van der Waals surface area contributed by atoms with Gasteiger partial charge >= 0.3 is 0 Å². The van der Waals surface area contributed by atoms with Crippen LogP contribution in [0.25, 0.3) is 20.7 Å². The van der Waals surface area contributed by atoms with E-state index in [-0.39, 0.29) is 0 Å². The number of rotatable bonds is 1. The minimum absolute atomic E-state index is 0.496. The quantitative estimate of drug-likeness (QED) is 0.592. The van der Waals surface area contributed by atoms with Crippen LogP contribution in [0.3, 0.4) is 0 Å². The molecule has 90 valence electrons. The summed E-state index contributed by atoms with van der Waals surface area (Å²) >= 11 is 13.8. The lowest BCUT2D eigenvalue weighted by Gasteiger charge is -2.04. The molecule has 0 aliphatic rings. The molecule has 2 aromatic heterocycles. The van der Waals surface area contributed by atoms with E-state index >= 15 is 0 Å².